The lowest BCUT2D eigenvalue weighted by Gasteiger charge is -2.16. The van der Waals surface area contributed by atoms with E-state index in [1.54, 1.807) is 60.9 Å². The van der Waals surface area contributed by atoms with Gasteiger partial charge >= 0.3 is 7.12 Å². The number of halogens is 2. The van der Waals surface area contributed by atoms with Gasteiger partial charge in [0.2, 0.25) is 5.88 Å². The summed E-state index contributed by atoms with van der Waals surface area (Å²) in [6, 6.07) is 27.2. The number of aromatic nitrogens is 6. The van der Waals surface area contributed by atoms with Crippen molar-refractivity contribution in [3.63, 3.8) is 0 Å². The third kappa shape index (κ3) is 18.4. The van der Waals surface area contributed by atoms with Gasteiger partial charge in [-0.3, -0.25) is 9.69 Å². The first-order chi connectivity index (χ1) is 27.5. The lowest BCUT2D eigenvalue weighted by atomic mass is 9.86. The van der Waals surface area contributed by atoms with Crippen LogP contribution in [0, 0.1) is 0 Å². The van der Waals surface area contributed by atoms with Crippen LogP contribution in [0.4, 0.5) is 4.70 Å². The average molecular weight is 910 g/mol. The van der Waals surface area contributed by atoms with Gasteiger partial charge in [-0.2, -0.15) is 10.2 Å². The minimum Gasteiger partial charge on any atom is -0.508 e. The van der Waals surface area contributed by atoms with E-state index in [1.807, 2.05) is 41.2 Å². The molecule has 6 aromatic rings. The molecule has 18 heteroatoms. The van der Waals surface area contributed by atoms with Gasteiger partial charge in [-0.1, -0.05) is 51.4 Å². The van der Waals surface area contributed by atoms with E-state index >= 15 is 0 Å². The summed E-state index contributed by atoms with van der Waals surface area (Å²) < 4.78 is 21.0. The lowest BCUT2D eigenvalue weighted by molar-refractivity contribution is 0.0798. The highest BCUT2D eigenvalue weighted by molar-refractivity contribution is 9.10. The molecule has 0 saturated heterocycles. The Labute approximate surface area is 356 Å². The summed E-state index contributed by atoms with van der Waals surface area (Å²) in [4.78, 5) is 8.65. The summed E-state index contributed by atoms with van der Waals surface area (Å²) in [5.41, 5.74) is 4.49. The Morgan fingerprint density at radius 1 is 0.661 bits per heavy atom. The smallest absolute Gasteiger partial charge is 0.507 e. The average Bonchev–Trinajstić information content (AvgIpc) is 3.85. The van der Waals surface area contributed by atoms with E-state index < -0.39 is 23.3 Å². The third-order valence-corrected chi connectivity index (χ3v) is 12.2. The maximum Gasteiger partial charge on any atom is 0.507 e. The molecule has 2 aromatic carbocycles. The molecule has 0 amide bonds. The molecule has 0 spiro atoms. The highest BCUT2D eigenvalue weighted by Gasteiger charge is 2.17. The van der Waals surface area contributed by atoms with Gasteiger partial charge in [-0.05, 0) is 100 Å². The Balaban J connectivity index is 0.000000250. The number of nitrogens with zero attached hydrogens (tertiary/aromatic N) is 6. The molecule has 0 radical (unpaired) electrons. The van der Waals surface area contributed by atoms with Gasteiger partial charge in [0, 0.05) is 82.4 Å². The summed E-state index contributed by atoms with van der Waals surface area (Å²) >= 11 is 3.29. The standard InChI is InChI=1S/C21H27N3O2Si.C11H8BrNO2.C9H19BN2O3Si.FH/c1-27(2,3)13-12-26-16-24-21(10-11-23-24)18-6-7-19(22-15-18)14-17-4-8-20(25)9-5-17;12-8-1-6-11(13-7-8)15-10-4-2-9(14)3-5-10;1-16(2,3)7-6-15-8-12-9(10(13)14)4-5-11-12;/h4-11,15,25H,12-14,16H2,1-3H3;1-7,14H;4-5,13-14H,6-8H2,1-3H3;1H. The van der Waals surface area contributed by atoms with E-state index in [2.05, 4.69) is 81.4 Å². The maximum atomic E-state index is 9.38. The molecule has 6 rings (SSSR count). The zero-order chi connectivity index (χ0) is 42.1. The normalized spacial score (nSPS) is 11.1. The van der Waals surface area contributed by atoms with Crippen LogP contribution in [-0.4, -0.2) is 86.3 Å². The molecule has 0 unspecified atom stereocenters. The number of rotatable bonds is 16. The van der Waals surface area contributed by atoms with Crippen LogP contribution in [0.15, 0.2) is 114 Å². The first-order valence-corrected chi connectivity index (χ1v) is 27.1. The predicted octanol–water partition coefficient (Wildman–Crippen LogP) is 7.92. The number of ether oxygens (including phenoxy) is 3. The first kappa shape index (κ1) is 48.7. The lowest BCUT2D eigenvalue weighted by Crippen LogP contribution is -2.37. The molecule has 0 fully saturated rings. The number of benzene rings is 2. The molecule has 316 valence electrons. The van der Waals surface area contributed by atoms with Crippen molar-refractivity contribution in [1.82, 2.24) is 29.5 Å². The Morgan fingerprint density at radius 3 is 1.78 bits per heavy atom. The van der Waals surface area contributed by atoms with E-state index in [-0.39, 0.29) is 22.9 Å². The van der Waals surface area contributed by atoms with Crippen LogP contribution >= 0.6 is 15.9 Å². The Kier molecular flexibility index (Phi) is 19.6. The molecule has 0 aliphatic rings. The molecule has 0 aliphatic carbocycles. The topological polar surface area (TPSA) is 170 Å². The molecule has 59 heavy (non-hydrogen) atoms. The van der Waals surface area contributed by atoms with E-state index in [0.29, 0.717) is 30.6 Å². The van der Waals surface area contributed by atoms with Crippen LogP contribution in [0.2, 0.25) is 51.4 Å². The Hall–Kier alpha value is -4.69. The molecule has 13 nitrogen and oxygen atoms in total. The second-order valence-corrected chi connectivity index (χ2v) is 28.0. The quantitative estimate of drug-likeness (QED) is 0.0550. The van der Waals surface area contributed by atoms with Crippen LogP contribution in [0.5, 0.6) is 23.1 Å². The van der Waals surface area contributed by atoms with Crippen LogP contribution in [-0.2, 0) is 29.4 Å². The largest absolute Gasteiger partial charge is 0.508 e. The van der Waals surface area contributed by atoms with Crippen molar-refractivity contribution in [1.29, 1.82) is 0 Å². The first-order valence-electron chi connectivity index (χ1n) is 18.9. The Bertz CT molecular complexity index is 2040. The van der Waals surface area contributed by atoms with E-state index in [1.165, 1.54) is 10.9 Å². The monoisotopic (exact) mass is 908 g/mol. The van der Waals surface area contributed by atoms with E-state index in [0.717, 1.165) is 52.1 Å². The molecule has 0 bridgehead atoms. The van der Waals surface area contributed by atoms with Crippen molar-refractivity contribution in [3.05, 3.63) is 125 Å². The minimum absolute atomic E-state index is 0. The molecular weight excluding hydrogens is 854 g/mol. The van der Waals surface area contributed by atoms with Crippen LogP contribution in [0.3, 0.4) is 0 Å². The molecule has 4 heterocycles. The molecule has 4 N–H and O–H groups in total. The summed E-state index contributed by atoms with van der Waals surface area (Å²) in [5, 5.41) is 44.8. The third-order valence-electron chi connectivity index (χ3n) is 8.35. The molecule has 4 aromatic heterocycles. The number of phenolic OH excluding ortho intramolecular Hbond substituents is 2. The van der Waals surface area contributed by atoms with Gasteiger partial charge < -0.3 is 34.5 Å². The van der Waals surface area contributed by atoms with Crippen molar-refractivity contribution in [2.24, 2.45) is 0 Å². The zero-order valence-corrected chi connectivity index (χ0v) is 38.0. The Morgan fingerprint density at radius 2 is 1.24 bits per heavy atom. The van der Waals surface area contributed by atoms with Gasteiger partial charge in [0.25, 0.3) is 0 Å². The van der Waals surface area contributed by atoms with Gasteiger partial charge in [0.1, 0.15) is 30.7 Å². The zero-order valence-electron chi connectivity index (χ0n) is 34.4. The van der Waals surface area contributed by atoms with Crippen LogP contribution in [0.1, 0.15) is 11.3 Å². The van der Waals surface area contributed by atoms with Gasteiger partial charge in [0.15, 0.2) is 0 Å². The molecular formula is C41H55BBrFN6O7Si2. The molecule has 0 aliphatic heterocycles. The number of hydrogen-bond acceptors (Lipinski definition) is 11. The van der Waals surface area contributed by atoms with E-state index in [9.17, 15) is 5.11 Å². The minimum atomic E-state index is -1.50. The fourth-order valence-electron chi connectivity index (χ4n) is 4.97. The van der Waals surface area contributed by atoms with Gasteiger partial charge in [-0.25, -0.2) is 14.3 Å². The van der Waals surface area contributed by atoms with Gasteiger partial charge in [-0.15, -0.1) is 0 Å². The van der Waals surface area contributed by atoms with Crippen molar-refractivity contribution < 1.29 is 39.2 Å². The SMILES string of the molecule is C[Si](C)(C)CCOCn1nccc1-c1ccc(Cc2ccc(O)cc2)nc1.C[Si](C)(C)CCOCn1nccc1B(O)O.F.Oc1ccc(Oc2ccc(Br)cn2)cc1. The highest BCUT2D eigenvalue weighted by atomic mass is 79.9. The van der Waals surface area contributed by atoms with Crippen LogP contribution in [0.25, 0.3) is 11.3 Å². The summed E-state index contributed by atoms with van der Waals surface area (Å²) in [6.45, 7) is 16.1. The fraction of sp³-hybridized carbons (Fsp3) is 0.317. The number of aromatic hydroxyl groups is 2. The van der Waals surface area contributed by atoms with Crippen molar-refractivity contribution in [3.8, 4) is 34.4 Å². The number of pyridine rings is 2. The number of phenols is 2. The summed E-state index contributed by atoms with van der Waals surface area (Å²) in [6.07, 6.45) is 7.60. The highest BCUT2D eigenvalue weighted by Crippen LogP contribution is 2.23. The van der Waals surface area contributed by atoms with Crippen molar-refractivity contribution in [2.45, 2.75) is 71.3 Å². The second-order valence-electron chi connectivity index (χ2n) is 15.8. The molecule has 0 saturated carbocycles. The maximum absolute atomic E-state index is 9.38. The number of hydrogen-bond donors (Lipinski definition) is 4. The van der Waals surface area contributed by atoms with Crippen molar-refractivity contribution in [2.75, 3.05) is 13.2 Å². The summed E-state index contributed by atoms with van der Waals surface area (Å²) in [7, 11) is -3.64. The van der Waals surface area contributed by atoms with E-state index in [4.69, 9.17) is 29.4 Å². The second kappa shape index (κ2) is 23.8. The summed E-state index contributed by atoms with van der Waals surface area (Å²) in [5.74, 6) is 1.65. The van der Waals surface area contributed by atoms with Gasteiger partial charge in [0.05, 0.1) is 11.3 Å². The fourth-order valence-corrected chi connectivity index (χ4v) is 6.72. The molecule has 0 atom stereocenters. The van der Waals surface area contributed by atoms with Crippen molar-refractivity contribution >= 4 is 44.8 Å². The van der Waals surface area contributed by atoms with Crippen LogP contribution < -0.4 is 10.3 Å². The predicted molar refractivity (Wildman–Crippen MR) is 239 cm³/mol.